The van der Waals surface area contributed by atoms with Crippen LogP contribution in [-0.4, -0.2) is 19.5 Å². The van der Waals surface area contributed by atoms with Crippen molar-refractivity contribution in [1.29, 1.82) is 0 Å². The van der Waals surface area contributed by atoms with E-state index in [1.807, 2.05) is 37.4 Å². The highest BCUT2D eigenvalue weighted by Crippen LogP contribution is 2.15. The topological polar surface area (TPSA) is 32.3 Å². The highest BCUT2D eigenvalue weighted by atomic mass is 16.2. The summed E-state index contributed by atoms with van der Waals surface area (Å²) in [6, 6.07) is 16.0. The first-order valence-electron chi connectivity index (χ1n) is 7.20. The first-order chi connectivity index (χ1) is 10.1. The number of nitrogens with zero attached hydrogens (tertiary/aromatic N) is 1. The van der Waals surface area contributed by atoms with Crippen molar-refractivity contribution in [2.45, 2.75) is 20.3 Å². The summed E-state index contributed by atoms with van der Waals surface area (Å²) in [7, 11) is 1.81. The van der Waals surface area contributed by atoms with Gasteiger partial charge in [0.2, 0.25) is 5.91 Å². The van der Waals surface area contributed by atoms with Crippen molar-refractivity contribution in [2.24, 2.45) is 0 Å². The Bertz CT molecular complexity index is 588. The third kappa shape index (κ3) is 4.35. The van der Waals surface area contributed by atoms with Gasteiger partial charge in [-0.2, -0.15) is 0 Å². The molecule has 0 saturated carbocycles. The highest BCUT2D eigenvalue weighted by Gasteiger charge is 2.09. The van der Waals surface area contributed by atoms with Gasteiger partial charge in [-0.1, -0.05) is 24.3 Å². The molecule has 0 unspecified atom stereocenters. The van der Waals surface area contributed by atoms with Crippen LogP contribution in [0.1, 0.15) is 17.5 Å². The number of carbonyl (C=O) groups is 1. The molecular weight excluding hydrogens is 260 g/mol. The van der Waals surface area contributed by atoms with Gasteiger partial charge in [-0.05, 0) is 49.2 Å². The molecule has 1 amide bonds. The lowest BCUT2D eigenvalue weighted by Crippen LogP contribution is -2.27. The molecule has 21 heavy (non-hydrogen) atoms. The van der Waals surface area contributed by atoms with E-state index in [2.05, 4.69) is 37.4 Å². The van der Waals surface area contributed by atoms with Crippen LogP contribution in [0.3, 0.4) is 0 Å². The maximum atomic E-state index is 12.2. The first kappa shape index (κ1) is 15.1. The summed E-state index contributed by atoms with van der Waals surface area (Å²) in [6.45, 7) is 4.79. The van der Waals surface area contributed by atoms with Gasteiger partial charge in [0.15, 0.2) is 0 Å². The van der Waals surface area contributed by atoms with Crippen molar-refractivity contribution in [3.8, 4) is 0 Å². The molecular formula is C18H22N2O. The zero-order valence-electron chi connectivity index (χ0n) is 12.9. The summed E-state index contributed by atoms with van der Waals surface area (Å²) in [4.78, 5) is 13.9. The second-order valence-electron chi connectivity index (χ2n) is 5.34. The zero-order valence-corrected chi connectivity index (χ0v) is 12.9. The van der Waals surface area contributed by atoms with E-state index in [1.165, 1.54) is 11.1 Å². The van der Waals surface area contributed by atoms with E-state index in [0.29, 0.717) is 13.0 Å². The third-order valence-electron chi connectivity index (χ3n) is 3.41. The SMILES string of the molecule is Cc1cc(C)cc(NCCC(=O)N(C)c2ccccc2)c1. The van der Waals surface area contributed by atoms with Crippen LogP contribution in [0, 0.1) is 13.8 Å². The average molecular weight is 282 g/mol. The molecule has 2 rings (SSSR count). The number of aryl methyl sites for hydroxylation is 2. The van der Waals surface area contributed by atoms with E-state index in [9.17, 15) is 4.79 Å². The number of benzene rings is 2. The van der Waals surface area contributed by atoms with E-state index < -0.39 is 0 Å². The minimum Gasteiger partial charge on any atom is -0.385 e. The number of hydrogen-bond donors (Lipinski definition) is 1. The van der Waals surface area contributed by atoms with Gasteiger partial charge in [-0.25, -0.2) is 0 Å². The van der Waals surface area contributed by atoms with Crippen molar-refractivity contribution in [2.75, 3.05) is 23.8 Å². The number of rotatable bonds is 5. The number of amides is 1. The molecule has 0 bridgehead atoms. The van der Waals surface area contributed by atoms with Gasteiger partial charge < -0.3 is 10.2 Å². The minimum absolute atomic E-state index is 0.109. The summed E-state index contributed by atoms with van der Waals surface area (Å²) in [5, 5.41) is 3.32. The smallest absolute Gasteiger partial charge is 0.228 e. The summed E-state index contributed by atoms with van der Waals surface area (Å²) in [5.41, 5.74) is 4.45. The van der Waals surface area contributed by atoms with Crippen molar-refractivity contribution in [3.05, 3.63) is 59.7 Å². The van der Waals surface area contributed by atoms with E-state index in [1.54, 1.807) is 4.90 Å². The van der Waals surface area contributed by atoms with Gasteiger partial charge in [-0.3, -0.25) is 4.79 Å². The van der Waals surface area contributed by atoms with Crippen molar-refractivity contribution < 1.29 is 4.79 Å². The molecule has 0 saturated heterocycles. The normalized spacial score (nSPS) is 10.2. The number of hydrogen-bond acceptors (Lipinski definition) is 2. The molecule has 0 radical (unpaired) electrons. The summed E-state index contributed by atoms with van der Waals surface area (Å²) in [5.74, 6) is 0.109. The fourth-order valence-corrected chi connectivity index (χ4v) is 2.35. The largest absolute Gasteiger partial charge is 0.385 e. The van der Waals surface area contributed by atoms with Gasteiger partial charge in [-0.15, -0.1) is 0 Å². The molecule has 2 aromatic rings. The number of para-hydroxylation sites is 1. The summed E-state index contributed by atoms with van der Waals surface area (Å²) < 4.78 is 0. The Balaban J connectivity index is 1.87. The molecule has 0 fully saturated rings. The van der Waals surface area contributed by atoms with Crippen LogP contribution in [0.2, 0.25) is 0 Å². The van der Waals surface area contributed by atoms with Crippen LogP contribution in [0.4, 0.5) is 11.4 Å². The lowest BCUT2D eigenvalue weighted by Gasteiger charge is -2.17. The molecule has 0 atom stereocenters. The van der Waals surface area contributed by atoms with Gasteiger partial charge in [0.1, 0.15) is 0 Å². The quantitative estimate of drug-likeness (QED) is 0.905. The van der Waals surface area contributed by atoms with Crippen LogP contribution in [0.15, 0.2) is 48.5 Å². The monoisotopic (exact) mass is 282 g/mol. The predicted octanol–water partition coefficient (Wildman–Crippen LogP) is 3.77. The molecule has 0 spiro atoms. The second-order valence-corrected chi connectivity index (χ2v) is 5.34. The van der Waals surface area contributed by atoms with Gasteiger partial charge in [0.25, 0.3) is 0 Å². The molecule has 0 heterocycles. The maximum absolute atomic E-state index is 12.2. The van der Waals surface area contributed by atoms with Gasteiger partial charge >= 0.3 is 0 Å². The number of nitrogens with one attached hydrogen (secondary N) is 1. The summed E-state index contributed by atoms with van der Waals surface area (Å²) >= 11 is 0. The standard InChI is InChI=1S/C18H22N2O/c1-14-11-15(2)13-16(12-14)19-10-9-18(21)20(3)17-7-5-4-6-8-17/h4-8,11-13,19H,9-10H2,1-3H3. The molecule has 0 aliphatic heterocycles. The van der Waals surface area contributed by atoms with Crippen LogP contribution >= 0.6 is 0 Å². The van der Waals surface area contributed by atoms with Crippen LogP contribution in [0.25, 0.3) is 0 Å². The Morgan fingerprint density at radius 1 is 1.05 bits per heavy atom. The lowest BCUT2D eigenvalue weighted by atomic mass is 10.1. The van der Waals surface area contributed by atoms with Gasteiger partial charge in [0.05, 0.1) is 0 Å². The fraction of sp³-hybridized carbons (Fsp3) is 0.278. The Kier molecular flexibility index (Phi) is 4.99. The molecule has 110 valence electrons. The minimum atomic E-state index is 0.109. The van der Waals surface area contributed by atoms with E-state index >= 15 is 0 Å². The molecule has 2 aromatic carbocycles. The second kappa shape index (κ2) is 6.93. The summed E-state index contributed by atoms with van der Waals surface area (Å²) in [6.07, 6.45) is 0.471. The number of anilines is 2. The number of carbonyl (C=O) groups excluding carboxylic acids is 1. The molecule has 0 aliphatic rings. The third-order valence-corrected chi connectivity index (χ3v) is 3.41. The van der Waals surface area contributed by atoms with Crippen molar-refractivity contribution >= 4 is 17.3 Å². The van der Waals surface area contributed by atoms with Crippen molar-refractivity contribution in [1.82, 2.24) is 0 Å². The van der Waals surface area contributed by atoms with E-state index in [-0.39, 0.29) is 5.91 Å². The van der Waals surface area contributed by atoms with Crippen LogP contribution in [0.5, 0.6) is 0 Å². The van der Waals surface area contributed by atoms with Gasteiger partial charge in [0, 0.05) is 31.4 Å². The Morgan fingerprint density at radius 2 is 1.67 bits per heavy atom. The average Bonchev–Trinajstić information content (AvgIpc) is 2.46. The zero-order chi connectivity index (χ0) is 15.2. The predicted molar refractivity (Wildman–Crippen MR) is 88.9 cm³/mol. The Morgan fingerprint density at radius 3 is 2.29 bits per heavy atom. The van der Waals surface area contributed by atoms with Crippen LogP contribution in [-0.2, 0) is 4.79 Å². The maximum Gasteiger partial charge on any atom is 0.228 e. The highest BCUT2D eigenvalue weighted by molar-refractivity contribution is 5.93. The Labute approximate surface area is 126 Å². The van der Waals surface area contributed by atoms with Crippen molar-refractivity contribution in [3.63, 3.8) is 0 Å². The molecule has 0 aliphatic carbocycles. The fourth-order valence-electron chi connectivity index (χ4n) is 2.35. The molecule has 0 aromatic heterocycles. The Hall–Kier alpha value is -2.29. The van der Waals surface area contributed by atoms with E-state index in [4.69, 9.17) is 0 Å². The molecule has 1 N–H and O–H groups in total. The first-order valence-corrected chi connectivity index (χ1v) is 7.20. The lowest BCUT2D eigenvalue weighted by molar-refractivity contribution is -0.118. The molecule has 3 nitrogen and oxygen atoms in total. The van der Waals surface area contributed by atoms with E-state index in [0.717, 1.165) is 11.4 Å². The molecule has 3 heteroatoms. The van der Waals surface area contributed by atoms with Crippen LogP contribution < -0.4 is 10.2 Å².